The van der Waals surface area contributed by atoms with Gasteiger partial charge in [0.1, 0.15) is 4.90 Å². The van der Waals surface area contributed by atoms with Crippen molar-refractivity contribution in [3.63, 3.8) is 0 Å². The molecule has 0 radical (unpaired) electrons. The summed E-state index contributed by atoms with van der Waals surface area (Å²) in [5.41, 5.74) is 0.924. The first-order valence-corrected chi connectivity index (χ1v) is 9.81. The Kier molecular flexibility index (Phi) is 4.89. The molecule has 0 aliphatic heterocycles. The van der Waals surface area contributed by atoms with Crippen molar-refractivity contribution in [3.05, 3.63) is 57.5 Å². The summed E-state index contributed by atoms with van der Waals surface area (Å²) in [6.45, 7) is 0.241. The third kappa shape index (κ3) is 3.67. The zero-order valence-electron chi connectivity index (χ0n) is 11.8. The molecule has 0 fully saturated rings. The minimum absolute atomic E-state index is 0.0176. The van der Waals surface area contributed by atoms with E-state index in [0.29, 0.717) is 6.42 Å². The number of hydrogen-bond donors (Lipinski definition) is 1. The van der Waals surface area contributed by atoms with Crippen LogP contribution in [0.25, 0.3) is 10.2 Å². The minimum atomic E-state index is -3.70. The minimum Gasteiger partial charge on any atom is -0.241 e. The van der Waals surface area contributed by atoms with Gasteiger partial charge in [-0.25, -0.2) is 18.1 Å². The smallest absolute Gasteiger partial charge is 0.241 e. The summed E-state index contributed by atoms with van der Waals surface area (Å²) in [6.07, 6.45) is 0.511. The van der Waals surface area contributed by atoms with Crippen LogP contribution in [-0.2, 0) is 16.4 Å². The number of nitrogens with one attached hydrogen (secondary N) is 1. The Morgan fingerprint density at radius 3 is 2.65 bits per heavy atom. The summed E-state index contributed by atoms with van der Waals surface area (Å²) in [4.78, 5) is 4.46. The predicted molar refractivity (Wildman–Crippen MR) is 95.0 cm³/mol. The Morgan fingerprint density at radius 2 is 1.87 bits per heavy atom. The van der Waals surface area contributed by atoms with Gasteiger partial charge in [-0.05, 0) is 24.3 Å². The largest absolute Gasteiger partial charge is 0.242 e. The highest BCUT2D eigenvalue weighted by atomic mass is 35.5. The fraction of sp³-hybridized carbons (Fsp3) is 0.133. The van der Waals surface area contributed by atoms with Crippen LogP contribution in [0.2, 0.25) is 10.0 Å². The molecule has 4 nitrogen and oxygen atoms in total. The maximum atomic E-state index is 12.3. The maximum absolute atomic E-state index is 12.3. The third-order valence-electron chi connectivity index (χ3n) is 3.17. The molecule has 1 N–H and O–H groups in total. The zero-order valence-corrected chi connectivity index (χ0v) is 14.9. The second kappa shape index (κ2) is 6.75. The second-order valence-electron chi connectivity index (χ2n) is 4.78. The molecule has 120 valence electrons. The van der Waals surface area contributed by atoms with Gasteiger partial charge in [0.25, 0.3) is 0 Å². The number of fused-ring (bicyclic) bond motifs is 1. The summed E-state index contributed by atoms with van der Waals surface area (Å²) in [7, 11) is -3.70. The molecule has 0 amide bonds. The Labute approximate surface area is 148 Å². The monoisotopic (exact) mass is 386 g/mol. The first kappa shape index (κ1) is 16.7. The van der Waals surface area contributed by atoms with Crippen molar-refractivity contribution in [1.29, 1.82) is 0 Å². The molecule has 0 unspecified atom stereocenters. The van der Waals surface area contributed by atoms with E-state index in [2.05, 4.69) is 9.71 Å². The lowest BCUT2D eigenvalue weighted by molar-refractivity contribution is 0.581. The van der Waals surface area contributed by atoms with Gasteiger partial charge in [-0.2, -0.15) is 0 Å². The number of halogens is 2. The van der Waals surface area contributed by atoms with Gasteiger partial charge in [-0.3, -0.25) is 0 Å². The van der Waals surface area contributed by atoms with Crippen LogP contribution in [0.5, 0.6) is 0 Å². The fourth-order valence-electron chi connectivity index (χ4n) is 2.09. The Bertz CT molecular complexity index is 922. The van der Waals surface area contributed by atoms with Crippen molar-refractivity contribution in [2.75, 3.05) is 6.54 Å². The van der Waals surface area contributed by atoms with Crippen LogP contribution in [0.1, 0.15) is 5.01 Å². The normalized spacial score (nSPS) is 11.9. The lowest BCUT2D eigenvalue weighted by Gasteiger charge is -2.08. The molecular weight excluding hydrogens is 375 g/mol. The van der Waals surface area contributed by atoms with Gasteiger partial charge < -0.3 is 0 Å². The molecule has 0 bridgehead atoms. The number of aromatic nitrogens is 1. The van der Waals surface area contributed by atoms with Gasteiger partial charge in [-0.1, -0.05) is 41.4 Å². The molecule has 3 aromatic rings. The van der Waals surface area contributed by atoms with E-state index < -0.39 is 10.0 Å². The molecule has 1 aromatic heterocycles. The van der Waals surface area contributed by atoms with E-state index in [4.69, 9.17) is 23.2 Å². The van der Waals surface area contributed by atoms with Crippen molar-refractivity contribution in [3.8, 4) is 0 Å². The summed E-state index contributed by atoms with van der Waals surface area (Å²) >= 11 is 13.4. The first-order chi connectivity index (χ1) is 11.0. The summed E-state index contributed by atoms with van der Waals surface area (Å²) < 4.78 is 28.2. The number of nitrogens with zero attached hydrogens (tertiary/aromatic N) is 1. The zero-order chi connectivity index (χ0) is 16.4. The molecule has 0 saturated heterocycles. The molecule has 0 atom stereocenters. The van der Waals surface area contributed by atoms with Gasteiger partial charge in [0.2, 0.25) is 10.0 Å². The topological polar surface area (TPSA) is 59.1 Å². The average molecular weight is 387 g/mol. The highest BCUT2D eigenvalue weighted by Gasteiger charge is 2.19. The summed E-state index contributed by atoms with van der Waals surface area (Å²) in [6, 6.07) is 12.3. The van der Waals surface area contributed by atoms with Gasteiger partial charge in [0.15, 0.2) is 0 Å². The second-order valence-corrected chi connectivity index (χ2v) is 8.41. The Hall–Kier alpha value is -1.18. The first-order valence-electron chi connectivity index (χ1n) is 6.75. The van der Waals surface area contributed by atoms with Gasteiger partial charge in [0.05, 0.1) is 25.3 Å². The molecule has 2 aromatic carbocycles. The van der Waals surface area contributed by atoms with E-state index >= 15 is 0 Å². The predicted octanol–water partition coefficient (Wildman–Crippen LogP) is 4.12. The highest BCUT2D eigenvalue weighted by Crippen LogP contribution is 2.28. The van der Waals surface area contributed by atoms with Crippen LogP contribution < -0.4 is 4.72 Å². The van der Waals surface area contributed by atoms with Crippen LogP contribution >= 0.6 is 34.5 Å². The number of para-hydroxylation sites is 1. The van der Waals surface area contributed by atoms with Crippen LogP contribution in [0.15, 0.2) is 47.4 Å². The standard InChI is InChI=1S/C15H12Cl2N2O2S2/c16-10-4-3-7-13(15(10)17)23(20,21)18-9-8-14-19-11-5-1-2-6-12(11)22-14/h1-7,18H,8-9H2. The van der Waals surface area contributed by atoms with Crippen molar-refractivity contribution < 1.29 is 8.42 Å². The van der Waals surface area contributed by atoms with Crippen LogP contribution in [0, 0.1) is 0 Å². The molecule has 0 spiro atoms. The molecular formula is C15H12Cl2N2O2S2. The Balaban J connectivity index is 1.71. The lowest BCUT2D eigenvalue weighted by Crippen LogP contribution is -2.26. The van der Waals surface area contributed by atoms with Crippen LogP contribution in [0.4, 0.5) is 0 Å². The van der Waals surface area contributed by atoms with Gasteiger partial charge in [-0.15, -0.1) is 11.3 Å². The van der Waals surface area contributed by atoms with Crippen LogP contribution in [-0.4, -0.2) is 19.9 Å². The van der Waals surface area contributed by atoms with Crippen molar-refractivity contribution in [1.82, 2.24) is 9.71 Å². The number of benzene rings is 2. The molecule has 0 aliphatic carbocycles. The van der Waals surface area contributed by atoms with Crippen molar-refractivity contribution in [2.24, 2.45) is 0 Å². The summed E-state index contributed by atoms with van der Waals surface area (Å²) in [5.74, 6) is 0. The average Bonchev–Trinajstić information content (AvgIpc) is 2.92. The molecule has 0 aliphatic rings. The van der Waals surface area contributed by atoms with Crippen molar-refractivity contribution in [2.45, 2.75) is 11.3 Å². The fourth-order valence-corrected chi connectivity index (χ4v) is 4.85. The van der Waals surface area contributed by atoms with Gasteiger partial charge >= 0.3 is 0 Å². The van der Waals surface area contributed by atoms with Gasteiger partial charge in [0, 0.05) is 13.0 Å². The summed E-state index contributed by atoms with van der Waals surface area (Å²) in [5, 5.41) is 1.12. The highest BCUT2D eigenvalue weighted by molar-refractivity contribution is 7.89. The van der Waals surface area contributed by atoms with Crippen molar-refractivity contribution >= 4 is 54.8 Å². The number of sulfonamides is 1. The maximum Gasteiger partial charge on any atom is 0.242 e. The SMILES string of the molecule is O=S(=O)(NCCc1nc2ccccc2s1)c1cccc(Cl)c1Cl. The molecule has 3 rings (SSSR count). The number of hydrogen-bond acceptors (Lipinski definition) is 4. The van der Waals surface area contributed by atoms with Crippen LogP contribution in [0.3, 0.4) is 0 Å². The van der Waals surface area contributed by atoms with E-state index in [0.717, 1.165) is 15.2 Å². The molecule has 23 heavy (non-hydrogen) atoms. The quantitative estimate of drug-likeness (QED) is 0.716. The molecule has 8 heteroatoms. The Morgan fingerprint density at radius 1 is 1.09 bits per heavy atom. The number of rotatable bonds is 5. The lowest BCUT2D eigenvalue weighted by atomic mass is 10.3. The van der Waals surface area contributed by atoms with E-state index in [1.807, 2.05) is 24.3 Å². The van der Waals surface area contributed by atoms with E-state index in [1.165, 1.54) is 6.07 Å². The van der Waals surface area contributed by atoms with E-state index in [1.54, 1.807) is 23.5 Å². The molecule has 1 heterocycles. The third-order valence-corrected chi connectivity index (χ3v) is 6.71. The van der Waals surface area contributed by atoms with E-state index in [-0.39, 0.29) is 21.5 Å². The molecule has 0 saturated carbocycles. The van der Waals surface area contributed by atoms with E-state index in [9.17, 15) is 8.42 Å². The number of thiazole rings is 1.